The van der Waals surface area contributed by atoms with Crippen LogP contribution in [0.2, 0.25) is 0 Å². The van der Waals surface area contributed by atoms with E-state index < -0.39 is 0 Å². The van der Waals surface area contributed by atoms with Gasteiger partial charge in [0.15, 0.2) is 0 Å². The molecule has 2 heteroatoms. The molecule has 0 saturated carbocycles. The fourth-order valence-electron chi connectivity index (χ4n) is 1.38. The second-order valence-electron chi connectivity index (χ2n) is 3.11. The first-order valence-electron chi connectivity index (χ1n) is 4.13. The molecule has 12 heavy (non-hydrogen) atoms. The fourth-order valence-corrected chi connectivity index (χ4v) is 1.58. The molecule has 0 aliphatic carbocycles. The van der Waals surface area contributed by atoms with E-state index in [4.69, 9.17) is 16.3 Å². The minimum absolute atomic E-state index is 0.107. The molecule has 0 spiro atoms. The van der Waals surface area contributed by atoms with Crippen LogP contribution in [0.15, 0.2) is 30.3 Å². The third-order valence-corrected chi connectivity index (χ3v) is 2.35. The summed E-state index contributed by atoms with van der Waals surface area (Å²) in [5.41, 5.74) is 1.23. The van der Waals surface area contributed by atoms with Gasteiger partial charge in [-0.3, -0.25) is 0 Å². The lowest BCUT2D eigenvalue weighted by Gasteiger charge is -1.95. The van der Waals surface area contributed by atoms with E-state index in [-0.39, 0.29) is 17.6 Å². The number of rotatable bonds is 2. The van der Waals surface area contributed by atoms with Crippen LogP contribution >= 0.6 is 11.6 Å². The summed E-state index contributed by atoms with van der Waals surface area (Å²) in [4.78, 5) is 0. The Morgan fingerprint density at radius 1 is 1.33 bits per heavy atom. The number of hydrogen-bond acceptors (Lipinski definition) is 1. The molecule has 0 amide bonds. The lowest BCUT2D eigenvalue weighted by Crippen LogP contribution is -2.01. The Kier molecular flexibility index (Phi) is 2.07. The zero-order valence-electron chi connectivity index (χ0n) is 6.91. The standard InChI is InChI=1S/C10H11ClO/c1-7(11)9-10(12-9)8-5-3-2-4-6-8/h2-7,9-10H,1H3/t7-,9-,10-/m0/s1. The van der Waals surface area contributed by atoms with Gasteiger partial charge in [-0.2, -0.15) is 0 Å². The molecule has 1 heterocycles. The lowest BCUT2D eigenvalue weighted by molar-refractivity contribution is 0.372. The highest BCUT2D eigenvalue weighted by Crippen LogP contribution is 2.41. The molecule has 1 aliphatic rings. The van der Waals surface area contributed by atoms with E-state index in [1.165, 1.54) is 5.56 Å². The highest BCUT2D eigenvalue weighted by molar-refractivity contribution is 6.21. The molecule has 1 aromatic carbocycles. The smallest absolute Gasteiger partial charge is 0.111 e. The minimum Gasteiger partial charge on any atom is -0.363 e. The largest absolute Gasteiger partial charge is 0.363 e. The third kappa shape index (κ3) is 1.47. The molecule has 1 aliphatic heterocycles. The number of halogens is 1. The van der Waals surface area contributed by atoms with E-state index in [2.05, 4.69) is 12.1 Å². The van der Waals surface area contributed by atoms with Crippen molar-refractivity contribution in [2.45, 2.75) is 24.5 Å². The van der Waals surface area contributed by atoms with Crippen LogP contribution in [-0.4, -0.2) is 11.5 Å². The Bertz CT molecular complexity index is 258. The molecule has 0 aromatic heterocycles. The molecule has 3 atom stereocenters. The molecular weight excluding hydrogens is 172 g/mol. The van der Waals surface area contributed by atoms with Crippen LogP contribution < -0.4 is 0 Å². The monoisotopic (exact) mass is 182 g/mol. The first kappa shape index (κ1) is 8.09. The number of ether oxygens (including phenoxy) is 1. The summed E-state index contributed by atoms with van der Waals surface area (Å²) < 4.78 is 5.43. The molecule has 1 fully saturated rings. The highest BCUT2D eigenvalue weighted by Gasteiger charge is 2.43. The highest BCUT2D eigenvalue weighted by atomic mass is 35.5. The van der Waals surface area contributed by atoms with Gasteiger partial charge < -0.3 is 4.74 Å². The van der Waals surface area contributed by atoms with Gasteiger partial charge in [0.2, 0.25) is 0 Å². The third-order valence-electron chi connectivity index (χ3n) is 2.11. The predicted octanol–water partition coefficient (Wildman–Crippen LogP) is 2.75. The maximum atomic E-state index is 5.89. The van der Waals surface area contributed by atoms with Gasteiger partial charge in [0.25, 0.3) is 0 Å². The second-order valence-corrected chi connectivity index (χ2v) is 3.80. The molecule has 64 valence electrons. The van der Waals surface area contributed by atoms with Gasteiger partial charge in [0, 0.05) is 0 Å². The van der Waals surface area contributed by atoms with Crippen LogP contribution in [0, 0.1) is 0 Å². The van der Waals surface area contributed by atoms with Crippen molar-refractivity contribution in [3.8, 4) is 0 Å². The molecule has 1 nitrogen and oxygen atoms in total. The Morgan fingerprint density at radius 2 is 2.00 bits per heavy atom. The van der Waals surface area contributed by atoms with Crippen LogP contribution in [0.25, 0.3) is 0 Å². The van der Waals surface area contributed by atoms with E-state index in [1.54, 1.807) is 0 Å². The van der Waals surface area contributed by atoms with Crippen molar-refractivity contribution in [1.82, 2.24) is 0 Å². The van der Waals surface area contributed by atoms with Gasteiger partial charge in [0.05, 0.1) is 5.38 Å². The van der Waals surface area contributed by atoms with Gasteiger partial charge in [-0.25, -0.2) is 0 Å². The predicted molar refractivity (Wildman–Crippen MR) is 49.4 cm³/mol. The number of hydrogen-bond donors (Lipinski definition) is 0. The summed E-state index contributed by atoms with van der Waals surface area (Å²) in [6, 6.07) is 10.2. The number of benzene rings is 1. The van der Waals surface area contributed by atoms with Crippen molar-refractivity contribution in [2.24, 2.45) is 0 Å². The van der Waals surface area contributed by atoms with Crippen molar-refractivity contribution < 1.29 is 4.74 Å². The normalized spacial score (nSPS) is 29.8. The van der Waals surface area contributed by atoms with E-state index in [0.29, 0.717) is 0 Å². The first-order chi connectivity index (χ1) is 5.79. The van der Waals surface area contributed by atoms with E-state index in [0.717, 1.165) is 0 Å². The summed E-state index contributed by atoms with van der Waals surface area (Å²) >= 11 is 5.89. The van der Waals surface area contributed by atoms with Crippen molar-refractivity contribution in [3.63, 3.8) is 0 Å². The lowest BCUT2D eigenvalue weighted by atomic mass is 10.1. The van der Waals surface area contributed by atoms with Crippen LogP contribution in [0.3, 0.4) is 0 Å². The van der Waals surface area contributed by atoms with E-state index in [1.807, 2.05) is 25.1 Å². The topological polar surface area (TPSA) is 12.5 Å². The Balaban J connectivity index is 2.06. The van der Waals surface area contributed by atoms with Gasteiger partial charge in [-0.15, -0.1) is 11.6 Å². The molecule has 0 radical (unpaired) electrons. The quantitative estimate of drug-likeness (QED) is 0.506. The SMILES string of the molecule is C[C@H](Cl)[C@@H]1O[C@H]1c1ccccc1. The average molecular weight is 183 g/mol. The maximum absolute atomic E-state index is 5.89. The van der Waals surface area contributed by atoms with Crippen molar-refractivity contribution in [3.05, 3.63) is 35.9 Å². The summed E-state index contributed by atoms with van der Waals surface area (Å²) in [6.45, 7) is 1.97. The Morgan fingerprint density at radius 3 is 2.50 bits per heavy atom. The van der Waals surface area contributed by atoms with Crippen molar-refractivity contribution >= 4 is 11.6 Å². The molecule has 1 saturated heterocycles. The summed E-state index contributed by atoms with van der Waals surface area (Å²) in [5, 5.41) is 0.107. The zero-order valence-corrected chi connectivity index (χ0v) is 7.66. The van der Waals surface area contributed by atoms with Gasteiger partial charge in [-0.1, -0.05) is 30.3 Å². The van der Waals surface area contributed by atoms with Crippen molar-refractivity contribution in [1.29, 1.82) is 0 Å². The van der Waals surface area contributed by atoms with Crippen LogP contribution in [0.5, 0.6) is 0 Å². The van der Waals surface area contributed by atoms with E-state index in [9.17, 15) is 0 Å². The second kappa shape index (κ2) is 3.08. The molecule has 0 bridgehead atoms. The van der Waals surface area contributed by atoms with Crippen LogP contribution in [0.1, 0.15) is 18.6 Å². The van der Waals surface area contributed by atoms with Crippen LogP contribution in [-0.2, 0) is 4.74 Å². The van der Waals surface area contributed by atoms with Crippen LogP contribution in [0.4, 0.5) is 0 Å². The molecule has 0 N–H and O–H groups in total. The average Bonchev–Trinajstić information content (AvgIpc) is 2.84. The van der Waals surface area contributed by atoms with Gasteiger partial charge in [0.1, 0.15) is 12.2 Å². The fraction of sp³-hybridized carbons (Fsp3) is 0.400. The van der Waals surface area contributed by atoms with E-state index >= 15 is 0 Å². The Labute approximate surface area is 77.3 Å². The van der Waals surface area contributed by atoms with Gasteiger partial charge in [-0.05, 0) is 12.5 Å². The number of epoxide rings is 1. The first-order valence-corrected chi connectivity index (χ1v) is 4.57. The number of alkyl halides is 1. The van der Waals surface area contributed by atoms with Gasteiger partial charge >= 0.3 is 0 Å². The maximum Gasteiger partial charge on any atom is 0.111 e. The van der Waals surface area contributed by atoms with Crippen molar-refractivity contribution in [2.75, 3.05) is 0 Å². The molecule has 1 aromatic rings. The Hall–Kier alpha value is -0.530. The molecular formula is C10H11ClO. The molecule has 0 unspecified atom stereocenters. The minimum atomic E-state index is 0.107. The summed E-state index contributed by atoms with van der Waals surface area (Å²) in [5.74, 6) is 0. The summed E-state index contributed by atoms with van der Waals surface area (Å²) in [7, 11) is 0. The summed E-state index contributed by atoms with van der Waals surface area (Å²) in [6.07, 6.45) is 0.452. The zero-order chi connectivity index (χ0) is 8.55. The molecule has 2 rings (SSSR count).